The Morgan fingerprint density at radius 1 is 1.03 bits per heavy atom. The Kier molecular flexibility index (Phi) is 8.33. The number of benzene rings is 1. The van der Waals surface area contributed by atoms with E-state index in [2.05, 4.69) is 60.0 Å². The van der Waals surface area contributed by atoms with Crippen LogP contribution >= 0.6 is 0 Å². The van der Waals surface area contributed by atoms with Crippen molar-refractivity contribution in [2.24, 2.45) is 0 Å². The molecule has 1 saturated heterocycles. The second kappa shape index (κ2) is 11.2. The van der Waals surface area contributed by atoms with Gasteiger partial charge >= 0.3 is 0 Å². The van der Waals surface area contributed by atoms with Crippen LogP contribution in [0.1, 0.15) is 31.2 Å². The van der Waals surface area contributed by atoms with Gasteiger partial charge in [0.1, 0.15) is 11.6 Å². The maximum Gasteiger partial charge on any atom is 0.227 e. The predicted octanol–water partition coefficient (Wildman–Crippen LogP) is 2.91. The normalized spacial score (nSPS) is 14.1. The molecule has 0 bridgehead atoms. The number of hydrogen-bond acceptors (Lipinski definition) is 7. The average Bonchev–Trinajstić information content (AvgIpc) is 2.76. The number of methoxy groups -OCH3 is 1. The predicted molar refractivity (Wildman–Crippen MR) is 129 cm³/mol. The standard InChI is InChI=1S/C24H36N6O/c1-28(2)13-10-7-11-19-17-21-20(18-22(19)31-5)23(25-12-16-29(3)4)27-24(26-21)30-14-8-6-9-15-30/h17-18H,6,8-10,12-16H2,1-5H3,(H,25,26,27). The van der Waals surface area contributed by atoms with Crippen LogP contribution in [0.2, 0.25) is 0 Å². The monoisotopic (exact) mass is 424 g/mol. The number of ether oxygens (including phenoxy) is 1. The number of likely N-dealkylation sites (N-methyl/N-ethyl adjacent to an activating group) is 1. The molecule has 0 radical (unpaired) electrons. The van der Waals surface area contributed by atoms with Gasteiger partial charge in [0.2, 0.25) is 5.95 Å². The van der Waals surface area contributed by atoms with Crippen LogP contribution in [-0.4, -0.2) is 87.8 Å². The fourth-order valence-electron chi connectivity index (χ4n) is 3.62. The number of fused-ring (bicyclic) bond motifs is 1. The van der Waals surface area contributed by atoms with E-state index in [9.17, 15) is 0 Å². The Balaban J connectivity index is 1.99. The van der Waals surface area contributed by atoms with Gasteiger partial charge in [-0.2, -0.15) is 4.98 Å². The lowest BCUT2D eigenvalue weighted by Gasteiger charge is -2.27. The number of anilines is 2. The minimum Gasteiger partial charge on any atom is -0.495 e. The van der Waals surface area contributed by atoms with E-state index in [0.717, 1.165) is 73.1 Å². The van der Waals surface area contributed by atoms with E-state index < -0.39 is 0 Å². The summed E-state index contributed by atoms with van der Waals surface area (Å²) in [7, 11) is 9.95. The van der Waals surface area contributed by atoms with E-state index in [4.69, 9.17) is 14.7 Å². The molecular formula is C24H36N6O. The van der Waals surface area contributed by atoms with Crippen molar-refractivity contribution < 1.29 is 4.74 Å². The smallest absolute Gasteiger partial charge is 0.227 e. The molecule has 1 fully saturated rings. The third kappa shape index (κ3) is 6.46. The zero-order valence-corrected chi connectivity index (χ0v) is 19.7. The number of nitrogens with zero attached hydrogens (tertiary/aromatic N) is 5. The first-order chi connectivity index (χ1) is 15.0. The molecule has 3 rings (SSSR count). The first-order valence-corrected chi connectivity index (χ1v) is 11.1. The zero-order valence-electron chi connectivity index (χ0n) is 19.7. The van der Waals surface area contributed by atoms with Crippen molar-refractivity contribution in [3.05, 3.63) is 17.7 Å². The van der Waals surface area contributed by atoms with Crippen molar-refractivity contribution in [1.29, 1.82) is 0 Å². The fourth-order valence-corrected chi connectivity index (χ4v) is 3.62. The lowest BCUT2D eigenvalue weighted by atomic mass is 10.1. The van der Waals surface area contributed by atoms with Gasteiger partial charge in [-0.1, -0.05) is 11.8 Å². The summed E-state index contributed by atoms with van der Waals surface area (Å²) in [6, 6.07) is 4.06. The third-order valence-corrected chi connectivity index (χ3v) is 5.40. The van der Waals surface area contributed by atoms with Crippen LogP contribution < -0.4 is 15.0 Å². The molecule has 2 heterocycles. The second-order valence-corrected chi connectivity index (χ2v) is 8.57. The van der Waals surface area contributed by atoms with Gasteiger partial charge in [0.15, 0.2) is 0 Å². The molecule has 7 nitrogen and oxygen atoms in total. The fraction of sp³-hybridized carbons (Fsp3) is 0.583. The summed E-state index contributed by atoms with van der Waals surface area (Å²) in [5, 5.41) is 4.49. The van der Waals surface area contributed by atoms with Crippen LogP contribution in [0.4, 0.5) is 11.8 Å². The van der Waals surface area contributed by atoms with Crippen LogP contribution in [0.25, 0.3) is 10.9 Å². The van der Waals surface area contributed by atoms with Gasteiger partial charge in [0.25, 0.3) is 0 Å². The van der Waals surface area contributed by atoms with Crippen molar-refractivity contribution in [2.45, 2.75) is 25.7 Å². The lowest BCUT2D eigenvalue weighted by molar-refractivity contribution is 0.414. The number of rotatable bonds is 8. The third-order valence-electron chi connectivity index (χ3n) is 5.40. The van der Waals surface area contributed by atoms with E-state index in [0.29, 0.717) is 0 Å². The Morgan fingerprint density at radius 2 is 1.77 bits per heavy atom. The van der Waals surface area contributed by atoms with E-state index in [-0.39, 0.29) is 0 Å². The summed E-state index contributed by atoms with van der Waals surface area (Å²) in [4.78, 5) is 16.4. The minimum absolute atomic E-state index is 0.759. The van der Waals surface area contributed by atoms with E-state index in [1.807, 2.05) is 12.1 Å². The molecule has 0 unspecified atom stereocenters. The summed E-state index contributed by atoms with van der Waals surface area (Å²) in [5.41, 5.74) is 1.77. The van der Waals surface area contributed by atoms with Gasteiger partial charge in [0, 0.05) is 44.5 Å². The SMILES string of the molecule is COc1cc2c(NCCN(C)C)nc(N3CCCCC3)nc2cc1C#CCCN(C)C. The zero-order chi connectivity index (χ0) is 22.2. The molecule has 1 aliphatic rings. The first kappa shape index (κ1) is 23.1. The maximum atomic E-state index is 5.66. The molecule has 0 atom stereocenters. The van der Waals surface area contributed by atoms with Crippen molar-refractivity contribution in [2.75, 3.05) is 78.2 Å². The molecule has 0 spiro atoms. The Labute approximate surface area is 186 Å². The maximum absolute atomic E-state index is 5.66. The molecule has 0 amide bonds. The van der Waals surface area contributed by atoms with E-state index >= 15 is 0 Å². The summed E-state index contributed by atoms with van der Waals surface area (Å²) in [6.07, 6.45) is 4.47. The molecule has 168 valence electrons. The van der Waals surface area contributed by atoms with E-state index in [1.54, 1.807) is 7.11 Å². The number of piperidine rings is 1. The van der Waals surface area contributed by atoms with Crippen LogP contribution in [0.15, 0.2) is 12.1 Å². The summed E-state index contributed by atoms with van der Waals surface area (Å²) in [5.74, 6) is 8.97. The number of aromatic nitrogens is 2. The Bertz CT molecular complexity index is 925. The minimum atomic E-state index is 0.759. The quantitative estimate of drug-likeness (QED) is 0.654. The Hall–Kier alpha value is -2.56. The second-order valence-electron chi connectivity index (χ2n) is 8.57. The van der Waals surface area contributed by atoms with Crippen molar-refractivity contribution in [3.63, 3.8) is 0 Å². The number of nitrogens with one attached hydrogen (secondary N) is 1. The van der Waals surface area contributed by atoms with Gasteiger partial charge in [0.05, 0.1) is 18.2 Å². The largest absolute Gasteiger partial charge is 0.495 e. The van der Waals surface area contributed by atoms with Crippen LogP contribution in [0, 0.1) is 11.8 Å². The molecule has 1 aliphatic heterocycles. The van der Waals surface area contributed by atoms with Crippen molar-refractivity contribution >= 4 is 22.7 Å². The molecule has 31 heavy (non-hydrogen) atoms. The van der Waals surface area contributed by atoms with Crippen molar-refractivity contribution in [1.82, 2.24) is 19.8 Å². The molecule has 0 aliphatic carbocycles. The molecule has 1 aromatic heterocycles. The van der Waals surface area contributed by atoms with Crippen LogP contribution in [-0.2, 0) is 0 Å². The Morgan fingerprint density at radius 3 is 2.45 bits per heavy atom. The van der Waals surface area contributed by atoms with Gasteiger partial charge < -0.3 is 24.8 Å². The van der Waals surface area contributed by atoms with E-state index in [1.165, 1.54) is 19.3 Å². The van der Waals surface area contributed by atoms with Crippen molar-refractivity contribution in [3.8, 4) is 17.6 Å². The highest BCUT2D eigenvalue weighted by Crippen LogP contribution is 2.31. The first-order valence-electron chi connectivity index (χ1n) is 11.1. The number of hydrogen-bond donors (Lipinski definition) is 1. The van der Waals surface area contributed by atoms with Gasteiger partial charge in [-0.25, -0.2) is 4.98 Å². The van der Waals surface area contributed by atoms with Gasteiger partial charge in [-0.3, -0.25) is 0 Å². The molecule has 0 saturated carbocycles. The highest BCUT2D eigenvalue weighted by molar-refractivity contribution is 5.92. The topological polar surface area (TPSA) is 56.8 Å². The summed E-state index contributed by atoms with van der Waals surface area (Å²) in [6.45, 7) is 4.69. The van der Waals surface area contributed by atoms with Gasteiger partial charge in [-0.05, 0) is 59.6 Å². The van der Waals surface area contributed by atoms with Gasteiger partial charge in [-0.15, -0.1) is 0 Å². The molecule has 2 aromatic rings. The lowest BCUT2D eigenvalue weighted by Crippen LogP contribution is -2.31. The van der Waals surface area contributed by atoms with Crippen LogP contribution in [0.3, 0.4) is 0 Å². The highest BCUT2D eigenvalue weighted by atomic mass is 16.5. The molecule has 1 aromatic carbocycles. The molecule has 7 heteroatoms. The molecule has 1 N–H and O–H groups in total. The average molecular weight is 425 g/mol. The summed E-state index contributed by atoms with van der Waals surface area (Å²) >= 11 is 0. The summed E-state index contributed by atoms with van der Waals surface area (Å²) < 4.78 is 5.66. The highest BCUT2D eigenvalue weighted by Gasteiger charge is 2.18. The molecular weight excluding hydrogens is 388 g/mol. The van der Waals surface area contributed by atoms with Crippen LogP contribution in [0.5, 0.6) is 5.75 Å².